The van der Waals surface area contributed by atoms with Gasteiger partial charge in [0, 0.05) is 59.1 Å². The highest BCUT2D eigenvalue weighted by Crippen LogP contribution is 2.33. The molecule has 0 saturated heterocycles. The van der Waals surface area contributed by atoms with E-state index in [2.05, 4.69) is 46.2 Å². The zero-order valence-electron chi connectivity index (χ0n) is 15.6. The van der Waals surface area contributed by atoms with Crippen LogP contribution in [0.25, 0.3) is 55.7 Å². The van der Waals surface area contributed by atoms with Gasteiger partial charge in [0.1, 0.15) is 17.7 Å². The van der Waals surface area contributed by atoms with Crippen molar-refractivity contribution in [3.63, 3.8) is 0 Å². The van der Waals surface area contributed by atoms with Gasteiger partial charge >= 0.3 is 0 Å². The zero-order valence-corrected chi connectivity index (χ0v) is 15.6. The highest BCUT2D eigenvalue weighted by atomic mass is 15.2. The van der Waals surface area contributed by atoms with Crippen LogP contribution in [0.15, 0.2) is 73.8 Å². The summed E-state index contributed by atoms with van der Waals surface area (Å²) in [6, 6.07) is 10.1. The van der Waals surface area contributed by atoms with E-state index in [-0.39, 0.29) is 0 Å². The Morgan fingerprint density at radius 3 is 2.40 bits per heavy atom. The van der Waals surface area contributed by atoms with E-state index in [0.717, 1.165) is 50.1 Å². The Kier molecular flexibility index (Phi) is 3.60. The summed E-state index contributed by atoms with van der Waals surface area (Å²) in [6.07, 6.45) is 12.2. The lowest BCUT2D eigenvalue weighted by Gasteiger charge is -2.01. The number of aromatic amines is 2. The average Bonchev–Trinajstić information content (AvgIpc) is 3.43. The molecular weight excluding hydrogens is 376 g/mol. The van der Waals surface area contributed by atoms with E-state index in [9.17, 15) is 0 Å². The third-order valence-electron chi connectivity index (χ3n) is 5.09. The molecule has 0 atom stereocenters. The lowest BCUT2D eigenvalue weighted by molar-refractivity contribution is 1.10. The molecule has 0 aromatic carbocycles. The highest BCUT2D eigenvalue weighted by Gasteiger charge is 2.15. The minimum atomic E-state index is 0.714. The van der Waals surface area contributed by atoms with E-state index < -0.39 is 0 Å². The van der Waals surface area contributed by atoms with Crippen molar-refractivity contribution in [2.24, 2.45) is 0 Å². The van der Waals surface area contributed by atoms with Gasteiger partial charge < -0.3 is 4.98 Å². The molecule has 0 bridgehead atoms. The fraction of sp³-hybridized carbons (Fsp3) is 0. The van der Waals surface area contributed by atoms with Crippen molar-refractivity contribution >= 4 is 22.1 Å². The minimum Gasteiger partial charge on any atom is -0.338 e. The van der Waals surface area contributed by atoms with Gasteiger partial charge in [0.15, 0.2) is 5.65 Å². The largest absolute Gasteiger partial charge is 0.338 e. The van der Waals surface area contributed by atoms with Crippen LogP contribution >= 0.6 is 0 Å². The normalized spacial score (nSPS) is 11.3. The maximum absolute atomic E-state index is 4.51. The molecule has 8 heteroatoms. The Balaban J connectivity index is 1.52. The molecule has 0 aliphatic rings. The lowest BCUT2D eigenvalue weighted by atomic mass is 10.0. The Hall–Kier alpha value is -4.46. The number of nitrogens with zero attached hydrogens (tertiary/aromatic N) is 6. The van der Waals surface area contributed by atoms with Gasteiger partial charge in [-0.1, -0.05) is 0 Å². The SMILES string of the molecule is c1cc(-c2ccnc3[nH]c(-c4n[nH]c5ncc(-c6cncnc6)cc45)cc23)ccn1. The first-order chi connectivity index (χ1) is 14.9. The Bertz CT molecular complexity index is 1490. The van der Waals surface area contributed by atoms with E-state index >= 15 is 0 Å². The van der Waals surface area contributed by atoms with Crippen LogP contribution in [-0.2, 0) is 0 Å². The van der Waals surface area contributed by atoms with Gasteiger partial charge in [-0.25, -0.2) is 19.9 Å². The zero-order chi connectivity index (χ0) is 19.9. The summed E-state index contributed by atoms with van der Waals surface area (Å²) in [7, 11) is 0. The Labute approximate surface area is 170 Å². The smallest absolute Gasteiger partial charge is 0.155 e. The van der Waals surface area contributed by atoms with Crippen molar-refractivity contribution in [2.45, 2.75) is 0 Å². The van der Waals surface area contributed by atoms with Crippen molar-refractivity contribution in [1.82, 2.24) is 40.1 Å². The Morgan fingerprint density at radius 2 is 1.53 bits per heavy atom. The number of pyridine rings is 3. The summed E-state index contributed by atoms with van der Waals surface area (Å²) in [4.78, 5) is 24.7. The second kappa shape index (κ2) is 6.56. The van der Waals surface area contributed by atoms with E-state index in [0.29, 0.717) is 5.65 Å². The van der Waals surface area contributed by atoms with Gasteiger partial charge in [-0.15, -0.1) is 0 Å². The molecule has 2 N–H and O–H groups in total. The van der Waals surface area contributed by atoms with Crippen LogP contribution < -0.4 is 0 Å². The van der Waals surface area contributed by atoms with E-state index in [1.807, 2.05) is 24.3 Å². The molecular formula is C22H14N8. The summed E-state index contributed by atoms with van der Waals surface area (Å²) >= 11 is 0. The maximum atomic E-state index is 4.51. The van der Waals surface area contributed by atoms with Crippen molar-refractivity contribution in [1.29, 1.82) is 0 Å². The lowest BCUT2D eigenvalue weighted by Crippen LogP contribution is -1.85. The van der Waals surface area contributed by atoms with Crippen LogP contribution in [0, 0.1) is 0 Å². The predicted molar refractivity (Wildman–Crippen MR) is 113 cm³/mol. The third-order valence-corrected chi connectivity index (χ3v) is 5.09. The first kappa shape index (κ1) is 16.5. The first-order valence-corrected chi connectivity index (χ1v) is 9.35. The molecule has 0 radical (unpaired) electrons. The molecule has 0 spiro atoms. The van der Waals surface area contributed by atoms with Gasteiger partial charge in [-0.05, 0) is 41.5 Å². The number of hydrogen-bond acceptors (Lipinski definition) is 6. The number of nitrogens with one attached hydrogen (secondary N) is 2. The minimum absolute atomic E-state index is 0.714. The monoisotopic (exact) mass is 390 g/mol. The number of rotatable bonds is 3. The average molecular weight is 390 g/mol. The van der Waals surface area contributed by atoms with Gasteiger partial charge in [-0.3, -0.25) is 10.1 Å². The first-order valence-electron chi connectivity index (χ1n) is 9.35. The molecule has 0 aliphatic carbocycles. The van der Waals surface area contributed by atoms with Crippen LogP contribution in [0.1, 0.15) is 0 Å². The fourth-order valence-corrected chi connectivity index (χ4v) is 3.65. The third kappa shape index (κ3) is 2.62. The fourth-order valence-electron chi connectivity index (χ4n) is 3.65. The quantitative estimate of drug-likeness (QED) is 0.472. The van der Waals surface area contributed by atoms with Crippen LogP contribution in [0.3, 0.4) is 0 Å². The molecule has 6 heterocycles. The van der Waals surface area contributed by atoms with Crippen LogP contribution in [-0.4, -0.2) is 40.1 Å². The number of fused-ring (bicyclic) bond motifs is 2. The molecule has 6 rings (SSSR count). The summed E-state index contributed by atoms with van der Waals surface area (Å²) in [6.45, 7) is 0. The van der Waals surface area contributed by atoms with Crippen molar-refractivity contribution in [2.75, 3.05) is 0 Å². The van der Waals surface area contributed by atoms with E-state index in [1.165, 1.54) is 6.33 Å². The van der Waals surface area contributed by atoms with Gasteiger partial charge in [-0.2, -0.15) is 5.10 Å². The number of H-pyrrole nitrogens is 2. The molecule has 8 nitrogen and oxygen atoms in total. The van der Waals surface area contributed by atoms with Crippen LogP contribution in [0.5, 0.6) is 0 Å². The van der Waals surface area contributed by atoms with Crippen molar-refractivity contribution in [3.8, 4) is 33.6 Å². The maximum Gasteiger partial charge on any atom is 0.155 e. The topological polar surface area (TPSA) is 109 Å². The summed E-state index contributed by atoms with van der Waals surface area (Å²) in [5.41, 5.74) is 7.17. The van der Waals surface area contributed by atoms with Crippen LogP contribution in [0.2, 0.25) is 0 Å². The molecule has 0 amide bonds. The molecule has 0 unspecified atom stereocenters. The molecule has 142 valence electrons. The summed E-state index contributed by atoms with van der Waals surface area (Å²) in [5, 5.41) is 9.46. The second-order valence-corrected chi connectivity index (χ2v) is 6.86. The van der Waals surface area contributed by atoms with Gasteiger partial charge in [0.05, 0.1) is 5.69 Å². The second-order valence-electron chi connectivity index (χ2n) is 6.86. The standard InChI is InChI=1S/C22H14N8/c1-4-23-5-2-13(1)16-3-6-26-21-17(16)8-19(28-21)20-18-7-14(11-27-22(18)30-29-20)15-9-24-12-25-10-15/h1-12H,(H,26,28)(H,27,29,30). The molecule has 6 aromatic heterocycles. The Morgan fingerprint density at radius 1 is 0.667 bits per heavy atom. The molecule has 0 saturated carbocycles. The molecule has 6 aromatic rings. The van der Waals surface area contributed by atoms with Crippen molar-refractivity contribution in [3.05, 3.63) is 73.8 Å². The predicted octanol–water partition coefficient (Wildman–Crippen LogP) is 4.02. The molecule has 0 fully saturated rings. The van der Waals surface area contributed by atoms with E-state index in [4.69, 9.17) is 0 Å². The summed E-state index contributed by atoms with van der Waals surface area (Å²) < 4.78 is 0. The van der Waals surface area contributed by atoms with E-state index in [1.54, 1.807) is 37.2 Å². The summed E-state index contributed by atoms with van der Waals surface area (Å²) in [5.74, 6) is 0. The van der Waals surface area contributed by atoms with Crippen LogP contribution in [0.4, 0.5) is 0 Å². The molecule has 0 aliphatic heterocycles. The number of hydrogen-bond donors (Lipinski definition) is 2. The van der Waals surface area contributed by atoms with Gasteiger partial charge in [0.2, 0.25) is 0 Å². The van der Waals surface area contributed by atoms with Gasteiger partial charge in [0.25, 0.3) is 0 Å². The number of aromatic nitrogens is 8. The highest BCUT2D eigenvalue weighted by molar-refractivity contribution is 5.99. The van der Waals surface area contributed by atoms with Crippen molar-refractivity contribution < 1.29 is 0 Å². The molecule has 30 heavy (non-hydrogen) atoms.